The fourth-order valence-corrected chi connectivity index (χ4v) is 4.24. The van der Waals surface area contributed by atoms with E-state index in [-0.39, 0.29) is 30.1 Å². The summed E-state index contributed by atoms with van der Waals surface area (Å²) in [5.41, 5.74) is 0.821. The van der Waals surface area contributed by atoms with E-state index in [0.29, 0.717) is 39.0 Å². The lowest BCUT2D eigenvalue weighted by Gasteiger charge is -2.39. The minimum absolute atomic E-state index is 0.000754. The number of nitrogens with one attached hydrogen (secondary N) is 1. The normalized spacial score (nSPS) is 25.2. The lowest BCUT2D eigenvalue weighted by molar-refractivity contribution is -0.126. The summed E-state index contributed by atoms with van der Waals surface area (Å²) in [5, 5.41) is 3.03. The third kappa shape index (κ3) is 4.09. The Morgan fingerprint density at radius 2 is 1.96 bits per heavy atom. The van der Waals surface area contributed by atoms with Gasteiger partial charge < -0.3 is 19.7 Å². The molecule has 0 radical (unpaired) electrons. The minimum atomic E-state index is -0.0417. The Morgan fingerprint density at radius 3 is 2.71 bits per heavy atom. The fraction of sp³-hybridized carbons (Fsp3) is 0.619. The van der Waals surface area contributed by atoms with Crippen LogP contribution in [0.4, 0.5) is 10.5 Å². The van der Waals surface area contributed by atoms with Crippen molar-refractivity contribution in [2.45, 2.75) is 44.8 Å². The van der Waals surface area contributed by atoms with E-state index in [1.54, 1.807) is 4.90 Å². The zero-order valence-electron chi connectivity index (χ0n) is 16.4. The van der Waals surface area contributed by atoms with Crippen molar-refractivity contribution in [3.8, 4) is 5.75 Å². The summed E-state index contributed by atoms with van der Waals surface area (Å²) in [6, 6.07) is 7.66. The highest BCUT2D eigenvalue weighted by atomic mass is 16.5. The maximum Gasteiger partial charge on any atom is 0.324 e. The molecule has 4 rings (SSSR count). The minimum Gasteiger partial charge on any atom is -0.487 e. The number of amides is 3. The van der Waals surface area contributed by atoms with Crippen LogP contribution in [-0.4, -0.2) is 61.8 Å². The van der Waals surface area contributed by atoms with Gasteiger partial charge >= 0.3 is 6.03 Å². The van der Waals surface area contributed by atoms with Crippen molar-refractivity contribution in [1.82, 2.24) is 10.2 Å². The Labute approximate surface area is 166 Å². The number of hydrogen-bond acceptors (Lipinski definition) is 4. The maximum atomic E-state index is 13.1. The zero-order valence-corrected chi connectivity index (χ0v) is 16.4. The summed E-state index contributed by atoms with van der Waals surface area (Å²) >= 11 is 0. The number of likely N-dealkylation sites (tertiary alicyclic amines) is 1. The number of anilines is 1. The predicted molar refractivity (Wildman–Crippen MR) is 106 cm³/mol. The highest BCUT2D eigenvalue weighted by Gasteiger charge is 2.33. The van der Waals surface area contributed by atoms with Gasteiger partial charge in [-0.05, 0) is 44.7 Å². The van der Waals surface area contributed by atoms with Crippen molar-refractivity contribution >= 4 is 17.6 Å². The Kier molecular flexibility index (Phi) is 5.71. The van der Waals surface area contributed by atoms with Gasteiger partial charge in [-0.25, -0.2) is 4.79 Å². The van der Waals surface area contributed by atoms with Crippen LogP contribution in [0.25, 0.3) is 0 Å². The molecule has 2 fully saturated rings. The van der Waals surface area contributed by atoms with Crippen LogP contribution in [0, 0.1) is 5.92 Å². The van der Waals surface area contributed by atoms with Crippen LogP contribution >= 0.6 is 0 Å². The molecule has 7 heteroatoms. The van der Waals surface area contributed by atoms with Crippen LogP contribution < -0.4 is 15.0 Å². The highest BCUT2D eigenvalue weighted by Crippen LogP contribution is 2.34. The molecule has 1 aromatic carbocycles. The monoisotopic (exact) mass is 387 g/mol. The van der Waals surface area contributed by atoms with Crippen LogP contribution in [0.3, 0.4) is 0 Å². The molecule has 0 unspecified atom stereocenters. The number of carbonyl (C=O) groups excluding carboxylic acids is 2. The summed E-state index contributed by atoms with van der Waals surface area (Å²) < 4.78 is 11.4. The first-order valence-corrected chi connectivity index (χ1v) is 10.3. The molecule has 3 heterocycles. The molecule has 2 saturated heterocycles. The molecule has 3 aliphatic heterocycles. The van der Waals surface area contributed by atoms with Gasteiger partial charge in [0.2, 0.25) is 5.91 Å². The molecule has 7 nitrogen and oxygen atoms in total. The van der Waals surface area contributed by atoms with Gasteiger partial charge in [0.1, 0.15) is 11.9 Å². The predicted octanol–water partition coefficient (Wildman–Crippen LogP) is 2.40. The maximum absolute atomic E-state index is 13.1. The van der Waals surface area contributed by atoms with E-state index >= 15 is 0 Å². The number of urea groups is 1. The van der Waals surface area contributed by atoms with Crippen LogP contribution in [0.5, 0.6) is 5.75 Å². The van der Waals surface area contributed by atoms with E-state index in [1.807, 2.05) is 36.1 Å². The van der Waals surface area contributed by atoms with E-state index in [2.05, 4.69) is 5.32 Å². The average Bonchev–Trinajstić information content (AvgIpc) is 3.24. The van der Waals surface area contributed by atoms with Gasteiger partial charge in [-0.1, -0.05) is 12.1 Å². The molecular formula is C21H29N3O4. The Balaban J connectivity index is 1.31. The average molecular weight is 387 g/mol. The number of benzene rings is 1. The number of piperidine rings is 1. The number of carbonyl (C=O) groups is 2. The van der Waals surface area contributed by atoms with Crippen molar-refractivity contribution in [2.24, 2.45) is 5.92 Å². The quantitative estimate of drug-likeness (QED) is 0.865. The van der Waals surface area contributed by atoms with E-state index in [1.165, 1.54) is 0 Å². The van der Waals surface area contributed by atoms with Gasteiger partial charge in [-0.15, -0.1) is 0 Å². The molecule has 1 N–H and O–H groups in total. The second kappa shape index (κ2) is 8.39. The number of rotatable bonds is 3. The molecule has 152 valence electrons. The van der Waals surface area contributed by atoms with Gasteiger partial charge in [0, 0.05) is 32.2 Å². The van der Waals surface area contributed by atoms with E-state index in [4.69, 9.17) is 9.47 Å². The third-order valence-corrected chi connectivity index (χ3v) is 5.82. The van der Waals surface area contributed by atoms with Gasteiger partial charge in [-0.3, -0.25) is 9.69 Å². The Hall–Kier alpha value is -2.28. The van der Waals surface area contributed by atoms with E-state index in [9.17, 15) is 9.59 Å². The summed E-state index contributed by atoms with van der Waals surface area (Å²) in [7, 11) is 0. The molecule has 3 amide bonds. The molecule has 0 aromatic heterocycles. The number of fused-ring (bicyclic) bond motifs is 1. The lowest BCUT2D eigenvalue weighted by Crippen LogP contribution is -2.52. The molecule has 1 aromatic rings. The number of hydrogen-bond donors (Lipinski definition) is 1. The second-order valence-corrected chi connectivity index (χ2v) is 7.93. The molecule has 0 aliphatic carbocycles. The SMILES string of the molecule is C[C@H]1CN(C(=O)N2CCC(C(=O)NC[C@H]3CCCO3)CC2)c2ccccc2O1. The largest absolute Gasteiger partial charge is 0.487 e. The van der Waals surface area contributed by atoms with Gasteiger partial charge in [0.25, 0.3) is 0 Å². The smallest absolute Gasteiger partial charge is 0.324 e. The van der Waals surface area contributed by atoms with Crippen molar-refractivity contribution < 1.29 is 19.1 Å². The van der Waals surface area contributed by atoms with E-state index in [0.717, 1.165) is 30.9 Å². The fourth-order valence-electron chi connectivity index (χ4n) is 4.24. The van der Waals surface area contributed by atoms with Crippen LogP contribution in [0.2, 0.25) is 0 Å². The van der Waals surface area contributed by atoms with Crippen LogP contribution in [-0.2, 0) is 9.53 Å². The summed E-state index contributed by atoms with van der Waals surface area (Å²) in [4.78, 5) is 29.2. The first-order valence-electron chi connectivity index (χ1n) is 10.3. The first-order chi connectivity index (χ1) is 13.6. The zero-order chi connectivity index (χ0) is 19.5. The molecular weight excluding hydrogens is 358 g/mol. The molecule has 0 saturated carbocycles. The topological polar surface area (TPSA) is 71.1 Å². The third-order valence-electron chi connectivity index (χ3n) is 5.82. The molecule has 0 bridgehead atoms. The highest BCUT2D eigenvalue weighted by molar-refractivity contribution is 5.94. The summed E-state index contributed by atoms with van der Waals surface area (Å²) in [6.45, 7) is 5.11. The lowest BCUT2D eigenvalue weighted by atomic mass is 9.96. The van der Waals surface area contributed by atoms with Crippen molar-refractivity contribution in [2.75, 3.05) is 37.7 Å². The van der Waals surface area contributed by atoms with E-state index < -0.39 is 0 Å². The van der Waals surface area contributed by atoms with Crippen molar-refractivity contribution in [3.63, 3.8) is 0 Å². The van der Waals surface area contributed by atoms with Crippen LogP contribution in [0.15, 0.2) is 24.3 Å². The molecule has 3 aliphatic rings. The first kappa shape index (κ1) is 19.1. The number of para-hydroxylation sites is 2. The number of ether oxygens (including phenoxy) is 2. The second-order valence-electron chi connectivity index (χ2n) is 7.93. The summed E-state index contributed by atoms with van der Waals surface area (Å²) in [5.74, 6) is 0.812. The Morgan fingerprint density at radius 1 is 1.18 bits per heavy atom. The van der Waals surface area contributed by atoms with Crippen molar-refractivity contribution in [3.05, 3.63) is 24.3 Å². The van der Waals surface area contributed by atoms with Gasteiger partial charge in [0.05, 0.1) is 18.3 Å². The van der Waals surface area contributed by atoms with Gasteiger partial charge in [0.15, 0.2) is 0 Å². The molecule has 28 heavy (non-hydrogen) atoms. The van der Waals surface area contributed by atoms with Crippen LogP contribution in [0.1, 0.15) is 32.6 Å². The van der Waals surface area contributed by atoms with Crippen molar-refractivity contribution in [1.29, 1.82) is 0 Å². The van der Waals surface area contributed by atoms with Gasteiger partial charge in [-0.2, -0.15) is 0 Å². The molecule has 0 spiro atoms. The summed E-state index contributed by atoms with van der Waals surface area (Å²) in [6.07, 6.45) is 3.61. The Bertz CT molecular complexity index is 711. The molecule has 2 atom stereocenters. The number of nitrogens with zero attached hydrogens (tertiary/aromatic N) is 2. The standard InChI is InChI=1S/C21H29N3O4/c1-15-14-24(18-6-2-3-7-19(18)28-15)21(26)23-10-8-16(9-11-23)20(25)22-13-17-5-4-12-27-17/h2-3,6-7,15-17H,4-5,8-14H2,1H3,(H,22,25)/t15-,17+/m0/s1.